The number of rotatable bonds is 2. The standard InChI is InChI=1S/C6H9N3O.C3H4O3/c7-3-1-5(9)6(10)2-4(3)8;4-2-1-3(5)6/h1-2,10H,7-9H2;2H,1H2,(H,5,6). The van der Waals surface area contributed by atoms with E-state index in [9.17, 15) is 9.59 Å². The number of nitrogens with two attached hydrogens (primary N) is 3. The van der Waals surface area contributed by atoms with Gasteiger partial charge in [-0.3, -0.25) is 4.79 Å². The molecule has 0 aromatic heterocycles. The minimum absolute atomic E-state index is 0.0355. The van der Waals surface area contributed by atoms with Gasteiger partial charge >= 0.3 is 5.97 Å². The Kier molecular flexibility index (Phi) is 5.19. The van der Waals surface area contributed by atoms with E-state index in [-0.39, 0.29) is 17.9 Å². The molecule has 0 amide bonds. The molecule has 0 unspecified atom stereocenters. The molecule has 0 fully saturated rings. The number of aldehydes is 1. The number of hydrogen-bond donors (Lipinski definition) is 5. The van der Waals surface area contributed by atoms with Crippen LogP contribution in [0.25, 0.3) is 0 Å². The molecule has 7 nitrogen and oxygen atoms in total. The number of anilines is 3. The number of carbonyl (C=O) groups is 2. The Morgan fingerprint density at radius 3 is 2.00 bits per heavy atom. The predicted molar refractivity (Wildman–Crippen MR) is 59.7 cm³/mol. The van der Waals surface area contributed by atoms with Gasteiger partial charge in [-0.1, -0.05) is 0 Å². The van der Waals surface area contributed by atoms with Gasteiger partial charge in [0.1, 0.15) is 18.5 Å². The average Bonchev–Trinajstić information content (AvgIpc) is 2.15. The molecule has 0 saturated heterocycles. The van der Waals surface area contributed by atoms with E-state index in [4.69, 9.17) is 27.4 Å². The van der Waals surface area contributed by atoms with E-state index in [0.717, 1.165) is 0 Å². The molecule has 0 bridgehead atoms. The zero-order valence-corrected chi connectivity index (χ0v) is 8.38. The van der Waals surface area contributed by atoms with Crippen LogP contribution in [-0.4, -0.2) is 22.5 Å². The van der Waals surface area contributed by atoms with E-state index in [0.29, 0.717) is 17.7 Å². The van der Waals surface area contributed by atoms with E-state index in [1.165, 1.54) is 12.1 Å². The van der Waals surface area contributed by atoms with Gasteiger partial charge in [0.05, 0.1) is 17.1 Å². The van der Waals surface area contributed by atoms with Crippen LogP contribution in [0.1, 0.15) is 6.42 Å². The summed E-state index contributed by atoms with van der Waals surface area (Å²) in [7, 11) is 0. The van der Waals surface area contributed by atoms with E-state index < -0.39 is 5.97 Å². The van der Waals surface area contributed by atoms with Crippen LogP contribution in [0.2, 0.25) is 0 Å². The number of aromatic hydroxyl groups is 1. The number of hydrogen-bond acceptors (Lipinski definition) is 6. The summed E-state index contributed by atoms with van der Waals surface area (Å²) in [6.07, 6.45) is -0.0394. The zero-order valence-electron chi connectivity index (χ0n) is 8.38. The van der Waals surface area contributed by atoms with Gasteiger partial charge in [-0.05, 0) is 6.07 Å². The summed E-state index contributed by atoms with van der Waals surface area (Å²) in [5.41, 5.74) is 17.0. The second-order valence-electron chi connectivity index (χ2n) is 2.80. The van der Waals surface area contributed by atoms with Crippen molar-refractivity contribution in [2.24, 2.45) is 0 Å². The van der Waals surface area contributed by atoms with Gasteiger partial charge in [0.2, 0.25) is 0 Å². The minimum Gasteiger partial charge on any atom is -0.506 e. The van der Waals surface area contributed by atoms with Crippen molar-refractivity contribution in [1.29, 1.82) is 0 Å². The molecule has 0 radical (unpaired) electrons. The summed E-state index contributed by atoms with van der Waals surface area (Å²) >= 11 is 0. The van der Waals surface area contributed by atoms with Crippen LogP contribution in [0.4, 0.5) is 17.1 Å². The largest absolute Gasteiger partial charge is 0.506 e. The van der Waals surface area contributed by atoms with Gasteiger partial charge < -0.3 is 32.2 Å². The Balaban J connectivity index is 0.000000325. The van der Waals surface area contributed by atoms with Gasteiger partial charge in [-0.2, -0.15) is 0 Å². The highest BCUT2D eigenvalue weighted by molar-refractivity contribution is 5.82. The van der Waals surface area contributed by atoms with E-state index >= 15 is 0 Å². The van der Waals surface area contributed by atoms with Crippen molar-refractivity contribution < 1.29 is 19.8 Å². The summed E-state index contributed by atoms with van der Waals surface area (Å²) in [4.78, 5) is 18.6. The first kappa shape index (κ1) is 13.6. The highest BCUT2D eigenvalue weighted by atomic mass is 16.4. The molecular formula is C9H13N3O4. The quantitative estimate of drug-likeness (QED) is 0.154. The van der Waals surface area contributed by atoms with Crippen LogP contribution >= 0.6 is 0 Å². The molecule has 7 heteroatoms. The number of aliphatic carboxylic acids is 1. The molecule has 0 atom stereocenters. The van der Waals surface area contributed by atoms with E-state index in [2.05, 4.69) is 0 Å². The summed E-state index contributed by atoms with van der Waals surface area (Å²) in [6.45, 7) is 0. The number of phenolic OH excluding ortho intramolecular Hbond substituents is 1. The number of carboxylic acids is 1. The van der Waals surface area contributed by atoms with Crippen LogP contribution < -0.4 is 17.2 Å². The van der Waals surface area contributed by atoms with Crippen LogP contribution in [0.15, 0.2) is 12.1 Å². The molecule has 0 saturated carbocycles. The van der Waals surface area contributed by atoms with Gasteiger partial charge in [0.15, 0.2) is 0 Å². The third kappa shape index (κ3) is 4.70. The second kappa shape index (κ2) is 6.12. The summed E-state index contributed by atoms with van der Waals surface area (Å²) in [6, 6.07) is 2.75. The van der Waals surface area contributed by atoms with Crippen molar-refractivity contribution >= 4 is 29.3 Å². The topological polar surface area (TPSA) is 153 Å². The average molecular weight is 227 g/mol. The Bertz CT molecular complexity index is 342. The molecular weight excluding hydrogens is 214 g/mol. The Morgan fingerprint density at radius 1 is 1.19 bits per heavy atom. The number of benzene rings is 1. The van der Waals surface area contributed by atoms with Crippen molar-refractivity contribution in [3.63, 3.8) is 0 Å². The molecule has 0 aliphatic carbocycles. The summed E-state index contributed by atoms with van der Waals surface area (Å²) < 4.78 is 0. The maximum Gasteiger partial charge on any atom is 0.310 e. The number of nitrogen functional groups attached to an aromatic ring is 3. The fraction of sp³-hybridized carbons (Fsp3) is 0.111. The molecule has 0 aliphatic heterocycles. The van der Waals surface area contributed by atoms with Crippen LogP contribution in [-0.2, 0) is 9.59 Å². The molecule has 0 aliphatic rings. The highest BCUT2D eigenvalue weighted by Gasteiger charge is 1.99. The van der Waals surface area contributed by atoms with Crippen molar-refractivity contribution in [3.05, 3.63) is 12.1 Å². The van der Waals surface area contributed by atoms with E-state index in [1.807, 2.05) is 0 Å². The van der Waals surface area contributed by atoms with Crippen molar-refractivity contribution in [1.82, 2.24) is 0 Å². The first-order chi connectivity index (χ1) is 7.38. The monoisotopic (exact) mass is 227 g/mol. The summed E-state index contributed by atoms with van der Waals surface area (Å²) in [5.74, 6) is -1.11. The van der Waals surface area contributed by atoms with Crippen molar-refractivity contribution in [3.8, 4) is 5.75 Å². The molecule has 88 valence electrons. The molecule has 8 N–H and O–H groups in total. The van der Waals surface area contributed by atoms with Gasteiger partial charge in [-0.25, -0.2) is 0 Å². The predicted octanol–water partition coefficient (Wildman–Crippen LogP) is -0.201. The molecule has 1 aromatic carbocycles. The minimum atomic E-state index is -1.08. The fourth-order valence-electron chi connectivity index (χ4n) is 0.710. The lowest BCUT2D eigenvalue weighted by Crippen LogP contribution is -1.96. The highest BCUT2D eigenvalue weighted by Crippen LogP contribution is 2.27. The van der Waals surface area contributed by atoms with Crippen molar-refractivity contribution in [2.45, 2.75) is 6.42 Å². The first-order valence-electron chi connectivity index (χ1n) is 4.17. The molecule has 1 aromatic rings. The first-order valence-corrected chi connectivity index (χ1v) is 4.17. The maximum absolute atomic E-state index is 9.37. The van der Waals surface area contributed by atoms with E-state index in [1.54, 1.807) is 0 Å². The third-order valence-corrected chi connectivity index (χ3v) is 1.49. The zero-order chi connectivity index (χ0) is 12.7. The Morgan fingerprint density at radius 2 is 1.69 bits per heavy atom. The van der Waals surface area contributed by atoms with Crippen LogP contribution in [0.3, 0.4) is 0 Å². The summed E-state index contributed by atoms with van der Waals surface area (Å²) in [5, 5.41) is 16.6. The van der Waals surface area contributed by atoms with Gasteiger partial charge in [0.25, 0.3) is 0 Å². The lowest BCUT2D eigenvalue weighted by molar-refractivity contribution is -0.138. The van der Waals surface area contributed by atoms with Crippen molar-refractivity contribution in [2.75, 3.05) is 17.2 Å². The van der Waals surface area contributed by atoms with Gasteiger partial charge in [0, 0.05) is 6.07 Å². The Labute approximate surface area is 91.5 Å². The fourth-order valence-corrected chi connectivity index (χ4v) is 0.710. The Hall–Kier alpha value is -2.44. The molecule has 1 rings (SSSR count). The number of phenols is 1. The second-order valence-corrected chi connectivity index (χ2v) is 2.80. The van der Waals surface area contributed by atoms with Gasteiger partial charge in [-0.15, -0.1) is 0 Å². The molecule has 0 heterocycles. The third-order valence-electron chi connectivity index (χ3n) is 1.49. The molecule has 0 spiro atoms. The van der Waals surface area contributed by atoms with Crippen LogP contribution in [0.5, 0.6) is 5.75 Å². The smallest absolute Gasteiger partial charge is 0.310 e. The number of carboxylic acid groups (broad SMARTS) is 1. The lowest BCUT2D eigenvalue weighted by Gasteiger charge is -2.02. The SMILES string of the molecule is Nc1cc(N)c(O)cc1N.O=CCC(=O)O. The maximum atomic E-state index is 9.37. The normalized spacial score (nSPS) is 8.75. The lowest BCUT2D eigenvalue weighted by atomic mass is 10.2. The molecule has 16 heavy (non-hydrogen) atoms. The number of carbonyl (C=O) groups excluding carboxylic acids is 1. The van der Waals surface area contributed by atoms with Crippen LogP contribution in [0, 0.1) is 0 Å².